The first kappa shape index (κ1) is 20.3. The first-order valence-corrected chi connectivity index (χ1v) is 11.6. The maximum atomic E-state index is 11.7. The Hall–Kier alpha value is -2.43. The summed E-state index contributed by atoms with van der Waals surface area (Å²) in [5.74, 6) is -0.572. The topological polar surface area (TPSA) is 124 Å². The molecule has 0 spiro atoms. The van der Waals surface area contributed by atoms with Crippen molar-refractivity contribution in [2.75, 3.05) is 24.7 Å². The van der Waals surface area contributed by atoms with Crippen LogP contribution in [0.25, 0.3) is 0 Å². The van der Waals surface area contributed by atoms with Gasteiger partial charge in [-0.2, -0.15) is 0 Å². The van der Waals surface area contributed by atoms with Crippen LogP contribution in [0.4, 0.5) is 0 Å². The molecule has 2 aliphatic heterocycles. The smallest absolute Gasteiger partial charge is 0.189 e. The first-order chi connectivity index (χ1) is 13.2. The summed E-state index contributed by atoms with van der Waals surface area (Å²) >= 11 is 0. The van der Waals surface area contributed by atoms with Gasteiger partial charge in [0.2, 0.25) is 0 Å². The quantitative estimate of drug-likeness (QED) is 0.651. The summed E-state index contributed by atoms with van der Waals surface area (Å²) < 4.78 is 56.8. The lowest BCUT2D eigenvalue weighted by molar-refractivity contribution is -0.118. The van der Waals surface area contributed by atoms with Crippen LogP contribution in [-0.4, -0.2) is 58.5 Å². The van der Waals surface area contributed by atoms with Crippen molar-refractivity contribution in [1.82, 2.24) is 0 Å². The fraction of sp³-hybridized carbons (Fsp3) is 0.278. The number of carbonyl (C=O) groups is 1. The van der Waals surface area contributed by atoms with Gasteiger partial charge < -0.3 is 14.6 Å². The summed E-state index contributed by atoms with van der Waals surface area (Å²) in [5, 5.41) is 9.29. The Morgan fingerprint density at radius 3 is 2.00 bits per heavy atom. The van der Waals surface area contributed by atoms with Crippen LogP contribution in [0.1, 0.15) is 0 Å². The Balaban J connectivity index is 0.000000161. The van der Waals surface area contributed by atoms with Gasteiger partial charge in [0.25, 0.3) is 0 Å². The number of para-hydroxylation sites is 2. The number of benzene rings is 2. The van der Waals surface area contributed by atoms with Crippen molar-refractivity contribution in [3.8, 4) is 11.5 Å². The minimum atomic E-state index is -3.50. The molecule has 2 aromatic carbocycles. The minimum Gasteiger partial charge on any atom is -0.489 e. The van der Waals surface area contributed by atoms with Crippen LogP contribution in [-0.2, 0) is 24.5 Å². The Morgan fingerprint density at radius 1 is 0.821 bits per heavy atom. The number of Topliss-reactive ketones (excluding diaryl/α,β-unsaturated/α-hetero) is 1. The molecule has 2 aliphatic rings. The molecular formula is C18H18O8S2. The lowest BCUT2D eigenvalue weighted by atomic mass is 10.3. The second kappa shape index (κ2) is 7.90. The minimum absolute atomic E-state index is 0.0241. The molecular weight excluding hydrogens is 408 g/mol. The molecule has 0 aliphatic carbocycles. The lowest BCUT2D eigenvalue weighted by Gasteiger charge is -2.05. The zero-order valence-corrected chi connectivity index (χ0v) is 16.3. The van der Waals surface area contributed by atoms with Gasteiger partial charge in [-0.1, -0.05) is 24.3 Å². The number of hydrogen-bond donors (Lipinski definition) is 1. The molecule has 1 atom stereocenters. The highest BCUT2D eigenvalue weighted by atomic mass is 32.2. The summed E-state index contributed by atoms with van der Waals surface area (Å²) in [7, 11) is -6.90. The van der Waals surface area contributed by atoms with Crippen LogP contribution in [0.5, 0.6) is 11.5 Å². The molecule has 2 aromatic rings. The van der Waals surface area contributed by atoms with Crippen molar-refractivity contribution < 1.29 is 36.2 Å². The Labute approximate surface area is 162 Å². The third-order valence-electron chi connectivity index (χ3n) is 3.95. The molecule has 4 rings (SSSR count). The normalized spacial score (nSPS) is 21.9. The van der Waals surface area contributed by atoms with Crippen molar-refractivity contribution in [3.05, 3.63) is 48.5 Å². The van der Waals surface area contributed by atoms with Crippen molar-refractivity contribution in [2.24, 2.45) is 0 Å². The molecule has 0 saturated carbocycles. The van der Waals surface area contributed by atoms with Crippen LogP contribution in [0, 0.1) is 0 Å². The van der Waals surface area contributed by atoms with E-state index in [1.54, 1.807) is 36.4 Å². The van der Waals surface area contributed by atoms with Gasteiger partial charge in [0.05, 0.1) is 5.75 Å². The molecule has 2 heterocycles. The van der Waals surface area contributed by atoms with Gasteiger partial charge >= 0.3 is 0 Å². The van der Waals surface area contributed by atoms with Crippen LogP contribution < -0.4 is 9.47 Å². The van der Waals surface area contributed by atoms with Gasteiger partial charge in [0, 0.05) is 0 Å². The Bertz CT molecular complexity index is 1090. The Morgan fingerprint density at radius 2 is 1.36 bits per heavy atom. The number of fused-ring (bicyclic) bond motifs is 2. The Kier molecular flexibility index (Phi) is 5.73. The fourth-order valence-corrected chi connectivity index (χ4v) is 5.60. The van der Waals surface area contributed by atoms with E-state index in [1.165, 1.54) is 12.1 Å². The predicted octanol–water partition coefficient (Wildman–Crippen LogP) is 0.635. The monoisotopic (exact) mass is 426 g/mol. The molecule has 1 unspecified atom stereocenters. The second-order valence-electron chi connectivity index (χ2n) is 6.23. The van der Waals surface area contributed by atoms with Gasteiger partial charge in [0.1, 0.15) is 46.4 Å². The van der Waals surface area contributed by atoms with Gasteiger partial charge in [-0.15, -0.1) is 0 Å². The number of aliphatic hydroxyl groups excluding tert-OH is 1. The van der Waals surface area contributed by atoms with E-state index < -0.39 is 37.3 Å². The van der Waals surface area contributed by atoms with E-state index in [2.05, 4.69) is 0 Å². The van der Waals surface area contributed by atoms with Crippen molar-refractivity contribution >= 4 is 25.5 Å². The van der Waals surface area contributed by atoms with Gasteiger partial charge in [-0.3, -0.25) is 4.79 Å². The highest BCUT2D eigenvalue weighted by molar-refractivity contribution is 7.92. The maximum Gasteiger partial charge on any atom is 0.189 e. The highest BCUT2D eigenvalue weighted by Gasteiger charge is 2.28. The number of hydrogen-bond acceptors (Lipinski definition) is 8. The molecule has 10 heteroatoms. The summed E-state index contributed by atoms with van der Waals surface area (Å²) in [4.78, 5) is 11.3. The van der Waals surface area contributed by atoms with Crippen molar-refractivity contribution in [1.29, 1.82) is 0 Å². The molecule has 0 saturated heterocycles. The number of sulfone groups is 2. The van der Waals surface area contributed by atoms with Crippen molar-refractivity contribution in [3.63, 3.8) is 0 Å². The molecule has 0 amide bonds. The molecule has 150 valence electrons. The molecule has 0 fully saturated rings. The molecule has 0 aromatic heterocycles. The fourth-order valence-electron chi connectivity index (χ4n) is 2.72. The summed E-state index contributed by atoms with van der Waals surface area (Å²) in [6.45, 7) is -0.146. The van der Waals surface area contributed by atoms with Crippen LogP contribution in [0.15, 0.2) is 58.3 Å². The van der Waals surface area contributed by atoms with Gasteiger partial charge in [-0.25, -0.2) is 16.8 Å². The van der Waals surface area contributed by atoms with E-state index >= 15 is 0 Å². The first-order valence-electron chi connectivity index (χ1n) is 8.28. The molecule has 0 radical (unpaired) electrons. The molecule has 1 N–H and O–H groups in total. The average Bonchev–Trinajstić information content (AvgIpc) is 2.83. The van der Waals surface area contributed by atoms with Crippen molar-refractivity contribution in [2.45, 2.75) is 15.9 Å². The third-order valence-corrected chi connectivity index (χ3v) is 7.49. The average molecular weight is 426 g/mol. The SMILES string of the molecule is O=C1COc2ccccc2S(=O)(=O)C1.O=S1(=O)CC(O)COc2ccccc21. The van der Waals surface area contributed by atoms with E-state index in [1.807, 2.05) is 0 Å². The zero-order chi connectivity index (χ0) is 20.4. The molecule has 28 heavy (non-hydrogen) atoms. The van der Waals surface area contributed by atoms with E-state index in [9.17, 15) is 26.7 Å². The third kappa shape index (κ3) is 4.51. The maximum absolute atomic E-state index is 11.7. The van der Waals surface area contributed by atoms with E-state index in [4.69, 9.17) is 9.47 Å². The number of carbonyl (C=O) groups excluding carboxylic acids is 1. The summed E-state index contributed by atoms with van der Waals surface area (Å²) in [6, 6.07) is 12.7. The number of ketones is 1. The number of ether oxygens (including phenoxy) is 2. The zero-order valence-electron chi connectivity index (χ0n) is 14.6. The number of aliphatic hydroxyl groups is 1. The second-order valence-corrected chi connectivity index (χ2v) is 10.2. The van der Waals surface area contributed by atoms with Gasteiger partial charge in [-0.05, 0) is 24.3 Å². The van der Waals surface area contributed by atoms with E-state index in [0.717, 1.165) is 0 Å². The number of rotatable bonds is 0. The molecule has 0 bridgehead atoms. The van der Waals surface area contributed by atoms with Crippen LogP contribution >= 0.6 is 0 Å². The van der Waals surface area contributed by atoms with E-state index in [0.29, 0.717) is 5.75 Å². The van der Waals surface area contributed by atoms with Crippen LogP contribution in [0.2, 0.25) is 0 Å². The molecule has 8 nitrogen and oxygen atoms in total. The predicted molar refractivity (Wildman–Crippen MR) is 99.0 cm³/mol. The highest BCUT2D eigenvalue weighted by Crippen LogP contribution is 2.28. The van der Waals surface area contributed by atoms with E-state index in [-0.39, 0.29) is 34.5 Å². The lowest BCUT2D eigenvalue weighted by Crippen LogP contribution is -2.23. The van der Waals surface area contributed by atoms with Crippen LogP contribution in [0.3, 0.4) is 0 Å². The van der Waals surface area contributed by atoms with Gasteiger partial charge in [0.15, 0.2) is 25.5 Å². The summed E-state index contributed by atoms with van der Waals surface area (Å²) in [5.41, 5.74) is 0. The summed E-state index contributed by atoms with van der Waals surface area (Å²) in [6.07, 6.45) is -0.951. The standard InChI is InChI=1S/C9H10O4S.C9H8O4S/c2*10-7-5-13-8-3-1-2-4-9(8)14(11,12)6-7/h1-4,7,10H,5-6H2;1-4H,5-6H2. The largest absolute Gasteiger partial charge is 0.489 e.